The number of carbonyl (C=O) groups excluding carboxylic acids is 1. The Balaban J connectivity index is 1.39. The van der Waals surface area contributed by atoms with Gasteiger partial charge >= 0.3 is 0 Å². The van der Waals surface area contributed by atoms with Crippen LogP contribution >= 0.6 is 12.2 Å². The number of fused-ring (bicyclic) bond motifs is 1. The molecule has 2 heterocycles. The van der Waals surface area contributed by atoms with Crippen molar-refractivity contribution in [2.24, 2.45) is 11.7 Å². The lowest BCUT2D eigenvalue weighted by Gasteiger charge is -2.34. The normalized spacial score (nSPS) is 15.5. The largest absolute Gasteiger partial charge is 0.370 e. The molecular formula is C25H34N6OS. The summed E-state index contributed by atoms with van der Waals surface area (Å²) >= 11 is 5.74. The van der Waals surface area contributed by atoms with E-state index in [-0.39, 0.29) is 12.3 Å². The van der Waals surface area contributed by atoms with Gasteiger partial charge in [-0.1, -0.05) is 56.3 Å². The van der Waals surface area contributed by atoms with Crippen LogP contribution in [0.15, 0.2) is 42.5 Å². The minimum absolute atomic E-state index is 0.288. The first kappa shape index (κ1) is 23.6. The van der Waals surface area contributed by atoms with Crippen molar-refractivity contribution in [2.75, 3.05) is 26.2 Å². The predicted octanol–water partition coefficient (Wildman–Crippen LogP) is 3.42. The summed E-state index contributed by atoms with van der Waals surface area (Å²) < 4.78 is 4.70. The number of amides is 1. The van der Waals surface area contributed by atoms with Crippen LogP contribution in [0.5, 0.6) is 0 Å². The average molecular weight is 467 g/mol. The fourth-order valence-electron chi connectivity index (χ4n) is 4.50. The van der Waals surface area contributed by atoms with Crippen LogP contribution in [-0.4, -0.2) is 56.2 Å². The molecule has 1 saturated heterocycles. The molecule has 1 amide bonds. The summed E-state index contributed by atoms with van der Waals surface area (Å²) in [5.74, 6) is 0.982. The lowest BCUT2D eigenvalue weighted by atomic mass is 10.0. The second-order valence-electron chi connectivity index (χ2n) is 9.34. The Hall–Kier alpha value is -2.55. The molecule has 0 atom stereocenters. The van der Waals surface area contributed by atoms with Gasteiger partial charge in [0.2, 0.25) is 5.91 Å². The molecule has 0 unspecified atom stereocenters. The Bertz CT molecular complexity index is 1150. The zero-order chi connectivity index (χ0) is 23.4. The maximum absolute atomic E-state index is 11.3. The highest BCUT2D eigenvalue weighted by Gasteiger charge is 2.20. The lowest BCUT2D eigenvalue weighted by Crippen LogP contribution is -2.46. The predicted molar refractivity (Wildman–Crippen MR) is 134 cm³/mol. The quantitative estimate of drug-likeness (QED) is 0.489. The van der Waals surface area contributed by atoms with Crippen LogP contribution in [0.2, 0.25) is 0 Å². The molecule has 2 N–H and O–H groups in total. The van der Waals surface area contributed by atoms with Crippen LogP contribution in [0.3, 0.4) is 0 Å². The number of carbonyl (C=O) groups is 1. The van der Waals surface area contributed by atoms with E-state index in [1.807, 2.05) is 4.68 Å². The number of hydrogen-bond acceptors (Lipinski definition) is 5. The smallest absolute Gasteiger partial charge is 0.217 e. The summed E-state index contributed by atoms with van der Waals surface area (Å²) in [6.45, 7) is 10.7. The molecule has 0 saturated carbocycles. The Morgan fingerprint density at radius 2 is 1.76 bits per heavy atom. The molecule has 1 aliphatic heterocycles. The van der Waals surface area contributed by atoms with E-state index in [9.17, 15) is 4.79 Å². The molecule has 4 rings (SSSR count). The van der Waals surface area contributed by atoms with Gasteiger partial charge in [-0.05, 0) is 34.5 Å². The molecule has 3 aromatic rings. The van der Waals surface area contributed by atoms with Gasteiger partial charge in [0.15, 0.2) is 4.77 Å². The average Bonchev–Trinajstić information content (AvgIpc) is 3.08. The molecular weight excluding hydrogens is 432 g/mol. The number of primary amides is 1. The van der Waals surface area contributed by atoms with Gasteiger partial charge in [0.1, 0.15) is 5.82 Å². The number of hydrogen-bond donors (Lipinski definition) is 1. The molecule has 1 aliphatic rings. The monoisotopic (exact) mass is 466 g/mol. The van der Waals surface area contributed by atoms with E-state index < -0.39 is 0 Å². The number of nitrogens with zero attached hydrogens (tertiary/aromatic N) is 5. The third kappa shape index (κ3) is 5.88. The van der Waals surface area contributed by atoms with Crippen molar-refractivity contribution in [3.05, 3.63) is 58.6 Å². The first-order valence-electron chi connectivity index (χ1n) is 11.8. The Morgan fingerprint density at radius 3 is 2.48 bits per heavy atom. The number of aryl methyl sites for hydroxylation is 1. The van der Waals surface area contributed by atoms with Crippen LogP contribution in [0.1, 0.15) is 31.7 Å². The molecule has 0 aliphatic carbocycles. The van der Waals surface area contributed by atoms with Gasteiger partial charge < -0.3 is 10.3 Å². The van der Waals surface area contributed by atoms with Gasteiger partial charge in [-0.2, -0.15) is 5.10 Å². The van der Waals surface area contributed by atoms with Crippen molar-refractivity contribution in [3.8, 4) is 0 Å². The topological polar surface area (TPSA) is 72.3 Å². The summed E-state index contributed by atoms with van der Waals surface area (Å²) in [5, 5.41) is 7.40. The number of aromatic nitrogens is 3. The summed E-state index contributed by atoms with van der Waals surface area (Å²) in [7, 11) is 0. The number of piperazine rings is 1. The first-order chi connectivity index (χ1) is 15.9. The van der Waals surface area contributed by atoms with Crippen molar-refractivity contribution >= 4 is 28.9 Å². The molecule has 1 aromatic heterocycles. The highest BCUT2D eigenvalue weighted by atomic mass is 32.1. The maximum atomic E-state index is 11.3. The SMILES string of the molecule is CC(C)Cn1c(CCC(N)=O)nn(CN2CCN(Cc3cccc4ccccc34)CC2)c1=S. The van der Waals surface area contributed by atoms with E-state index in [2.05, 4.69) is 70.7 Å². The highest BCUT2D eigenvalue weighted by Crippen LogP contribution is 2.20. The molecule has 0 radical (unpaired) electrons. The molecule has 33 heavy (non-hydrogen) atoms. The van der Waals surface area contributed by atoms with Gasteiger partial charge in [-0.3, -0.25) is 14.6 Å². The zero-order valence-corrected chi connectivity index (χ0v) is 20.4. The number of nitrogens with two attached hydrogens (primary N) is 1. The highest BCUT2D eigenvalue weighted by molar-refractivity contribution is 7.71. The summed E-state index contributed by atoms with van der Waals surface area (Å²) in [6, 6.07) is 15.2. The number of benzene rings is 2. The molecule has 2 aromatic carbocycles. The van der Waals surface area contributed by atoms with Gasteiger partial charge in [0.25, 0.3) is 0 Å². The van der Waals surface area contributed by atoms with Crippen molar-refractivity contribution in [1.29, 1.82) is 0 Å². The third-order valence-corrected chi connectivity index (χ3v) is 6.65. The van der Waals surface area contributed by atoms with Gasteiger partial charge in [0, 0.05) is 52.1 Å². The van der Waals surface area contributed by atoms with E-state index in [4.69, 9.17) is 23.1 Å². The lowest BCUT2D eigenvalue weighted by molar-refractivity contribution is -0.118. The van der Waals surface area contributed by atoms with E-state index >= 15 is 0 Å². The van der Waals surface area contributed by atoms with E-state index in [1.54, 1.807) is 0 Å². The van der Waals surface area contributed by atoms with Gasteiger partial charge in [-0.15, -0.1) is 0 Å². The maximum Gasteiger partial charge on any atom is 0.217 e. The fraction of sp³-hybridized carbons (Fsp3) is 0.480. The summed E-state index contributed by atoms with van der Waals surface area (Å²) in [5.41, 5.74) is 6.75. The molecule has 7 nitrogen and oxygen atoms in total. The Morgan fingerprint density at radius 1 is 1.06 bits per heavy atom. The van der Waals surface area contributed by atoms with Crippen LogP contribution < -0.4 is 5.73 Å². The van der Waals surface area contributed by atoms with E-state index in [0.717, 1.165) is 49.9 Å². The standard InChI is InChI=1S/C25H34N6OS/c1-19(2)16-30-24(11-10-23(26)32)27-31(25(30)33)18-29-14-12-28(13-15-29)17-21-8-5-7-20-6-3-4-9-22(20)21/h3-9,19H,10-18H2,1-2H3,(H2,26,32). The van der Waals surface area contributed by atoms with E-state index in [0.29, 0.717) is 19.0 Å². The second kappa shape index (κ2) is 10.6. The first-order valence-corrected chi connectivity index (χ1v) is 12.2. The minimum atomic E-state index is -0.311. The van der Waals surface area contributed by atoms with Crippen molar-refractivity contribution in [1.82, 2.24) is 24.1 Å². The molecule has 8 heteroatoms. The summed E-state index contributed by atoms with van der Waals surface area (Å²) in [4.78, 5) is 16.2. The second-order valence-corrected chi connectivity index (χ2v) is 9.71. The van der Waals surface area contributed by atoms with Crippen molar-refractivity contribution < 1.29 is 4.79 Å². The van der Waals surface area contributed by atoms with E-state index in [1.165, 1.54) is 16.3 Å². The van der Waals surface area contributed by atoms with Gasteiger partial charge in [0.05, 0.1) is 6.67 Å². The molecule has 176 valence electrons. The van der Waals surface area contributed by atoms with Crippen LogP contribution in [0.25, 0.3) is 10.8 Å². The number of rotatable bonds is 9. The van der Waals surface area contributed by atoms with Crippen LogP contribution in [-0.2, 0) is 31.0 Å². The molecule has 0 bridgehead atoms. The third-order valence-electron chi connectivity index (χ3n) is 6.21. The molecule has 1 fully saturated rings. The van der Waals surface area contributed by atoms with Crippen molar-refractivity contribution in [2.45, 2.75) is 46.4 Å². The van der Waals surface area contributed by atoms with Gasteiger partial charge in [-0.25, -0.2) is 4.68 Å². The van der Waals surface area contributed by atoms with Crippen LogP contribution in [0, 0.1) is 10.7 Å². The zero-order valence-electron chi connectivity index (χ0n) is 19.6. The minimum Gasteiger partial charge on any atom is -0.370 e. The van der Waals surface area contributed by atoms with Crippen molar-refractivity contribution in [3.63, 3.8) is 0 Å². The molecule has 0 spiro atoms. The Kier molecular flexibility index (Phi) is 7.57. The summed E-state index contributed by atoms with van der Waals surface area (Å²) in [6.07, 6.45) is 0.814. The fourth-order valence-corrected chi connectivity index (χ4v) is 4.77. The Labute approximate surface area is 200 Å². The van der Waals surface area contributed by atoms with Crippen LogP contribution in [0.4, 0.5) is 0 Å².